The average molecular weight is 609 g/mol. The fraction of sp³-hybridized carbons (Fsp3) is 0.333. The van der Waals surface area contributed by atoms with Crippen LogP contribution < -0.4 is 19.7 Å². The van der Waals surface area contributed by atoms with Crippen LogP contribution in [-0.2, 0) is 26.9 Å². The number of carbonyl (C=O) groups excluding carboxylic acids is 2. The molecule has 0 aliphatic carbocycles. The number of benzene rings is 3. The second-order valence-corrected chi connectivity index (χ2v) is 9.92. The summed E-state index contributed by atoms with van der Waals surface area (Å²) in [5.41, 5.74) is -0.197. The molecule has 0 radical (unpaired) electrons. The Hall–Kier alpha value is -3.99. The largest absolute Gasteiger partial charge is 0.497 e. The molecule has 1 amide bonds. The lowest BCUT2D eigenvalue weighted by atomic mass is 10.0. The number of hydrogen-bond donors (Lipinski definition) is 1. The van der Waals surface area contributed by atoms with Crippen molar-refractivity contribution in [2.75, 3.05) is 37.1 Å². The number of methoxy groups -OCH3 is 1. The molecular weight excluding hydrogens is 580 g/mol. The van der Waals surface area contributed by atoms with Crippen LogP contribution in [0.5, 0.6) is 11.5 Å². The normalized spacial score (nSPS) is 13.4. The SMILES string of the molecule is CCOC(=O)CCCOc1cc(NC(C(=O)N2CCc3cc(F)c(C(F)(F)F)cc32)c2ccc(Cl)cc2)cc(OC)c1. The summed E-state index contributed by atoms with van der Waals surface area (Å²) in [5.74, 6) is -1.43. The molecule has 12 heteroatoms. The predicted octanol–water partition coefficient (Wildman–Crippen LogP) is 6.97. The van der Waals surface area contributed by atoms with Crippen molar-refractivity contribution in [3.63, 3.8) is 0 Å². The van der Waals surface area contributed by atoms with Crippen LogP contribution >= 0.6 is 11.6 Å². The number of esters is 1. The number of nitrogens with zero attached hydrogens (tertiary/aromatic N) is 1. The lowest BCUT2D eigenvalue weighted by Gasteiger charge is -2.27. The van der Waals surface area contributed by atoms with Crippen LogP contribution in [0.2, 0.25) is 5.02 Å². The summed E-state index contributed by atoms with van der Waals surface area (Å²) >= 11 is 6.06. The molecule has 0 aromatic heterocycles. The zero-order valence-electron chi connectivity index (χ0n) is 22.9. The van der Waals surface area contributed by atoms with Crippen molar-refractivity contribution in [3.05, 3.63) is 82.1 Å². The molecule has 1 atom stereocenters. The summed E-state index contributed by atoms with van der Waals surface area (Å²) in [7, 11) is 1.46. The van der Waals surface area contributed by atoms with Gasteiger partial charge in [0, 0.05) is 47.6 Å². The van der Waals surface area contributed by atoms with Gasteiger partial charge in [-0.2, -0.15) is 13.2 Å². The van der Waals surface area contributed by atoms with Crippen LogP contribution in [0, 0.1) is 5.82 Å². The van der Waals surface area contributed by atoms with E-state index in [1.54, 1.807) is 49.4 Å². The Bertz CT molecular complexity index is 1430. The molecule has 224 valence electrons. The van der Waals surface area contributed by atoms with E-state index in [-0.39, 0.29) is 37.6 Å². The van der Waals surface area contributed by atoms with Gasteiger partial charge in [-0.05, 0) is 55.2 Å². The van der Waals surface area contributed by atoms with Gasteiger partial charge in [0.1, 0.15) is 23.4 Å². The van der Waals surface area contributed by atoms with Crippen LogP contribution in [0.3, 0.4) is 0 Å². The molecule has 42 heavy (non-hydrogen) atoms. The molecule has 0 saturated carbocycles. The van der Waals surface area contributed by atoms with Gasteiger partial charge in [-0.3, -0.25) is 9.59 Å². The lowest BCUT2D eigenvalue weighted by Crippen LogP contribution is -2.37. The van der Waals surface area contributed by atoms with Crippen molar-refractivity contribution in [2.24, 2.45) is 0 Å². The van der Waals surface area contributed by atoms with E-state index in [4.69, 9.17) is 25.8 Å². The maximum absolute atomic E-state index is 14.2. The Kier molecular flexibility index (Phi) is 9.82. The van der Waals surface area contributed by atoms with Gasteiger partial charge in [0.2, 0.25) is 0 Å². The van der Waals surface area contributed by atoms with Gasteiger partial charge in [-0.15, -0.1) is 0 Å². The number of rotatable bonds is 11. The highest BCUT2D eigenvalue weighted by molar-refractivity contribution is 6.30. The Balaban J connectivity index is 1.62. The predicted molar refractivity (Wildman–Crippen MR) is 150 cm³/mol. The van der Waals surface area contributed by atoms with E-state index in [1.165, 1.54) is 12.0 Å². The molecule has 1 aliphatic heterocycles. The number of anilines is 2. The van der Waals surface area contributed by atoms with Gasteiger partial charge in [-0.25, -0.2) is 4.39 Å². The number of carbonyl (C=O) groups is 2. The number of amides is 1. The molecule has 0 bridgehead atoms. The van der Waals surface area contributed by atoms with Crippen LogP contribution in [0.25, 0.3) is 0 Å². The molecule has 1 heterocycles. The minimum Gasteiger partial charge on any atom is -0.497 e. The second kappa shape index (κ2) is 13.3. The molecule has 1 unspecified atom stereocenters. The topological polar surface area (TPSA) is 77.1 Å². The van der Waals surface area contributed by atoms with Gasteiger partial charge in [0.25, 0.3) is 5.91 Å². The first-order valence-corrected chi connectivity index (χ1v) is 13.6. The molecule has 1 aliphatic rings. The van der Waals surface area contributed by atoms with Crippen LogP contribution in [0.15, 0.2) is 54.6 Å². The minimum absolute atomic E-state index is 0.00533. The smallest absolute Gasteiger partial charge is 0.419 e. The Morgan fingerprint density at radius 1 is 1.07 bits per heavy atom. The van der Waals surface area contributed by atoms with E-state index >= 15 is 0 Å². The first kappa shape index (κ1) is 31.0. The number of halogens is 5. The molecule has 1 N–H and O–H groups in total. The summed E-state index contributed by atoms with van der Waals surface area (Å²) in [6.45, 7) is 2.31. The summed E-state index contributed by atoms with van der Waals surface area (Å²) in [6.07, 6.45) is -4.11. The summed E-state index contributed by atoms with van der Waals surface area (Å²) in [4.78, 5) is 26.8. The van der Waals surface area contributed by atoms with E-state index < -0.39 is 29.5 Å². The minimum atomic E-state index is -4.92. The quantitative estimate of drug-likeness (QED) is 0.144. The maximum atomic E-state index is 14.2. The van der Waals surface area contributed by atoms with Crippen molar-refractivity contribution < 1.29 is 41.4 Å². The van der Waals surface area contributed by atoms with Crippen molar-refractivity contribution in [3.8, 4) is 11.5 Å². The Morgan fingerprint density at radius 3 is 2.45 bits per heavy atom. The number of alkyl halides is 3. The molecule has 0 saturated heterocycles. The first-order valence-electron chi connectivity index (χ1n) is 13.2. The van der Waals surface area contributed by atoms with Crippen LogP contribution in [0.1, 0.15) is 42.5 Å². The van der Waals surface area contributed by atoms with E-state index in [9.17, 15) is 27.2 Å². The summed E-state index contributed by atoms with van der Waals surface area (Å²) in [5, 5.41) is 3.59. The number of nitrogens with one attached hydrogen (secondary N) is 1. The van der Waals surface area contributed by atoms with E-state index in [1.807, 2.05) is 0 Å². The third-order valence-electron chi connectivity index (χ3n) is 6.61. The van der Waals surface area contributed by atoms with Gasteiger partial charge < -0.3 is 24.4 Å². The van der Waals surface area contributed by atoms with E-state index in [0.29, 0.717) is 52.4 Å². The molecule has 4 rings (SSSR count). The summed E-state index contributed by atoms with van der Waals surface area (Å²) in [6, 6.07) is 11.8. The van der Waals surface area contributed by atoms with Gasteiger partial charge in [0.05, 0.1) is 25.9 Å². The van der Waals surface area contributed by atoms with Gasteiger partial charge in [0.15, 0.2) is 0 Å². The Morgan fingerprint density at radius 2 is 1.79 bits per heavy atom. The summed E-state index contributed by atoms with van der Waals surface area (Å²) < 4.78 is 70.7. The van der Waals surface area contributed by atoms with Crippen LogP contribution in [-0.4, -0.2) is 38.7 Å². The molecule has 7 nitrogen and oxygen atoms in total. The Labute approximate surface area is 245 Å². The molecule has 0 fully saturated rings. The fourth-order valence-electron chi connectivity index (χ4n) is 4.61. The highest BCUT2D eigenvalue weighted by atomic mass is 35.5. The monoisotopic (exact) mass is 608 g/mol. The standard InChI is InChI=1S/C30H29ClF4N2O5/c1-3-41-27(38)5-4-12-42-23-15-21(14-22(16-23)40-2)36-28(18-6-8-20(31)9-7-18)29(39)37-11-10-19-13-25(32)24(17-26(19)37)30(33,34)35/h6-9,13-17,28,36H,3-5,10-12H2,1-2H3. The number of fused-ring (bicyclic) bond motifs is 1. The van der Waals surface area contributed by atoms with Gasteiger partial charge in [-0.1, -0.05) is 23.7 Å². The van der Waals surface area contributed by atoms with E-state index in [0.717, 1.165) is 6.07 Å². The molecule has 3 aromatic carbocycles. The lowest BCUT2D eigenvalue weighted by molar-refractivity contribution is -0.143. The molecule has 3 aromatic rings. The highest BCUT2D eigenvalue weighted by Gasteiger charge is 2.38. The van der Waals surface area contributed by atoms with Crippen molar-refractivity contribution in [1.82, 2.24) is 0 Å². The highest BCUT2D eigenvalue weighted by Crippen LogP contribution is 2.39. The third kappa shape index (κ3) is 7.44. The number of hydrogen-bond acceptors (Lipinski definition) is 6. The molecule has 0 spiro atoms. The van der Waals surface area contributed by atoms with Crippen molar-refractivity contribution >= 4 is 34.9 Å². The second-order valence-electron chi connectivity index (χ2n) is 9.48. The average Bonchev–Trinajstić information content (AvgIpc) is 3.36. The van der Waals surface area contributed by atoms with Crippen molar-refractivity contribution in [1.29, 1.82) is 0 Å². The maximum Gasteiger partial charge on any atom is 0.419 e. The fourth-order valence-corrected chi connectivity index (χ4v) is 4.74. The zero-order chi connectivity index (χ0) is 30.4. The molecular formula is C30H29ClF4N2O5. The van der Waals surface area contributed by atoms with E-state index in [2.05, 4.69) is 5.32 Å². The van der Waals surface area contributed by atoms with Crippen molar-refractivity contribution in [2.45, 2.75) is 38.4 Å². The first-order chi connectivity index (χ1) is 20.0. The number of ether oxygens (including phenoxy) is 3. The zero-order valence-corrected chi connectivity index (χ0v) is 23.7. The van der Waals surface area contributed by atoms with Gasteiger partial charge >= 0.3 is 12.1 Å². The van der Waals surface area contributed by atoms with Crippen LogP contribution in [0.4, 0.5) is 28.9 Å². The third-order valence-corrected chi connectivity index (χ3v) is 6.86.